The maximum absolute atomic E-state index is 10.9. The van der Waals surface area contributed by atoms with Crippen molar-refractivity contribution < 1.29 is 9.72 Å². The molecule has 0 aliphatic rings. The van der Waals surface area contributed by atoms with Gasteiger partial charge < -0.3 is 10.1 Å². The van der Waals surface area contributed by atoms with Crippen LogP contribution in [0.2, 0.25) is 0 Å². The van der Waals surface area contributed by atoms with Gasteiger partial charge in [-0.3, -0.25) is 4.79 Å². The van der Waals surface area contributed by atoms with Gasteiger partial charge in [0.05, 0.1) is 22.0 Å². The molecule has 0 bridgehead atoms. The first-order valence-electron chi connectivity index (χ1n) is 4.64. The Morgan fingerprint density at radius 2 is 2.44 bits per heavy atom. The molecular formula is C7H8N8O3. The van der Waals surface area contributed by atoms with Gasteiger partial charge in [-0.05, 0) is 11.8 Å². The van der Waals surface area contributed by atoms with Crippen molar-refractivity contribution in [2.75, 3.05) is 0 Å². The van der Waals surface area contributed by atoms with Gasteiger partial charge >= 0.3 is 5.95 Å². The number of hydrogen-bond donors (Lipinski definition) is 1. The molecule has 0 aromatic carbocycles. The zero-order valence-electron chi connectivity index (χ0n) is 9.27. The normalized spacial score (nSPS) is 10.8. The molecule has 0 saturated heterocycles. The highest BCUT2D eigenvalue weighted by atomic mass is 16.6. The lowest BCUT2D eigenvalue weighted by atomic mass is 10.4. The number of tetrazole rings is 1. The van der Waals surface area contributed by atoms with Gasteiger partial charge in [-0.1, -0.05) is 4.80 Å². The Bertz CT molecular complexity index is 527. The van der Waals surface area contributed by atoms with Crippen LogP contribution in [-0.2, 0) is 11.3 Å². The molecular weight excluding hydrogens is 244 g/mol. The molecule has 0 aliphatic heterocycles. The van der Waals surface area contributed by atoms with E-state index in [9.17, 15) is 14.9 Å². The molecule has 0 atom stereocenters. The maximum atomic E-state index is 10.9. The summed E-state index contributed by atoms with van der Waals surface area (Å²) in [5, 5.41) is 32.3. The van der Waals surface area contributed by atoms with Gasteiger partial charge in [0, 0.05) is 5.21 Å². The number of carbonyl (C=O) groups excluding carboxylic acids is 1. The summed E-state index contributed by atoms with van der Waals surface area (Å²) in [6.45, 7) is 1.59. The van der Waals surface area contributed by atoms with Crippen LogP contribution >= 0.6 is 0 Å². The highest BCUT2D eigenvalue weighted by Crippen LogP contribution is 1.96. The van der Waals surface area contributed by atoms with Gasteiger partial charge in [0.2, 0.25) is 0 Å². The molecule has 1 N–H and O–H groups in total. The van der Waals surface area contributed by atoms with E-state index in [1.165, 1.54) is 0 Å². The summed E-state index contributed by atoms with van der Waals surface area (Å²) in [6, 6.07) is 1.66. The van der Waals surface area contributed by atoms with Gasteiger partial charge in [0.25, 0.3) is 5.91 Å². The van der Waals surface area contributed by atoms with E-state index in [4.69, 9.17) is 5.26 Å². The minimum absolute atomic E-state index is 0.0354. The molecule has 94 valence electrons. The van der Waals surface area contributed by atoms with Crippen molar-refractivity contribution in [3.8, 4) is 6.07 Å². The van der Waals surface area contributed by atoms with Crippen LogP contribution in [0.25, 0.3) is 0 Å². The maximum Gasteiger partial charge on any atom is 0.514 e. The van der Waals surface area contributed by atoms with Crippen molar-refractivity contribution in [3.05, 3.63) is 10.1 Å². The van der Waals surface area contributed by atoms with Crippen molar-refractivity contribution in [1.29, 1.82) is 5.26 Å². The Morgan fingerprint density at radius 1 is 1.72 bits per heavy atom. The molecule has 0 radical (unpaired) electrons. The van der Waals surface area contributed by atoms with Crippen LogP contribution in [0, 0.1) is 21.4 Å². The molecule has 0 unspecified atom stereocenters. The summed E-state index contributed by atoms with van der Waals surface area (Å²) in [5.41, 5.74) is 2.53. The van der Waals surface area contributed by atoms with Crippen LogP contribution in [0.1, 0.15) is 13.3 Å². The quantitative estimate of drug-likeness (QED) is 0.400. The van der Waals surface area contributed by atoms with E-state index in [2.05, 4.69) is 25.9 Å². The SMILES string of the molecule is C/C(Cn1nnc([N+](=O)[O-])n1)=N\NC(=O)CC#N. The molecule has 0 saturated carbocycles. The lowest BCUT2D eigenvalue weighted by molar-refractivity contribution is -0.394. The molecule has 11 heteroatoms. The summed E-state index contributed by atoms with van der Waals surface area (Å²) in [7, 11) is 0. The van der Waals surface area contributed by atoms with E-state index in [0.29, 0.717) is 5.71 Å². The fourth-order valence-corrected chi connectivity index (χ4v) is 0.884. The summed E-state index contributed by atoms with van der Waals surface area (Å²) < 4.78 is 0. The number of hydrazone groups is 1. The number of hydrogen-bond acceptors (Lipinski definition) is 8. The average molecular weight is 252 g/mol. The van der Waals surface area contributed by atoms with Crippen molar-refractivity contribution in [2.24, 2.45) is 5.10 Å². The molecule has 1 rings (SSSR count). The second-order valence-electron chi connectivity index (χ2n) is 3.09. The van der Waals surface area contributed by atoms with Crippen LogP contribution in [-0.4, -0.2) is 36.7 Å². The van der Waals surface area contributed by atoms with E-state index in [-0.39, 0.29) is 13.0 Å². The summed E-state index contributed by atoms with van der Waals surface area (Å²) >= 11 is 0. The van der Waals surface area contributed by atoms with E-state index in [1.54, 1.807) is 13.0 Å². The summed E-state index contributed by atoms with van der Waals surface area (Å²) in [4.78, 5) is 21.4. The van der Waals surface area contributed by atoms with Crippen LogP contribution in [0.15, 0.2) is 5.10 Å². The van der Waals surface area contributed by atoms with Crippen LogP contribution in [0.3, 0.4) is 0 Å². The van der Waals surface area contributed by atoms with Gasteiger partial charge in [-0.15, -0.1) is 0 Å². The van der Waals surface area contributed by atoms with Gasteiger partial charge in [-0.2, -0.15) is 10.4 Å². The second-order valence-corrected chi connectivity index (χ2v) is 3.09. The van der Waals surface area contributed by atoms with E-state index in [1.807, 2.05) is 0 Å². The lowest BCUT2D eigenvalue weighted by Crippen LogP contribution is -2.20. The number of rotatable bonds is 5. The molecule has 1 aromatic rings. The Balaban J connectivity index is 2.55. The Kier molecular flexibility index (Phi) is 4.38. The molecule has 1 heterocycles. The van der Waals surface area contributed by atoms with Gasteiger partial charge in [0.1, 0.15) is 13.0 Å². The van der Waals surface area contributed by atoms with E-state index < -0.39 is 16.8 Å². The van der Waals surface area contributed by atoms with Gasteiger partial charge in [-0.25, -0.2) is 5.43 Å². The van der Waals surface area contributed by atoms with E-state index >= 15 is 0 Å². The number of aromatic nitrogens is 4. The molecule has 18 heavy (non-hydrogen) atoms. The fraction of sp³-hybridized carbons (Fsp3) is 0.429. The largest absolute Gasteiger partial charge is 0.514 e. The monoisotopic (exact) mass is 252 g/mol. The Labute approximate surface area is 100 Å². The van der Waals surface area contributed by atoms with Crippen molar-refractivity contribution in [2.45, 2.75) is 19.9 Å². The second kappa shape index (κ2) is 5.99. The van der Waals surface area contributed by atoms with Crippen molar-refractivity contribution >= 4 is 17.6 Å². The Hall–Kier alpha value is -2.90. The highest BCUT2D eigenvalue weighted by Gasteiger charge is 2.15. The first-order valence-corrected chi connectivity index (χ1v) is 4.64. The molecule has 0 fully saturated rings. The fourth-order valence-electron chi connectivity index (χ4n) is 0.884. The minimum Gasteiger partial charge on any atom is -0.390 e. The molecule has 0 spiro atoms. The number of nitriles is 1. The number of carbonyl (C=O) groups is 1. The highest BCUT2D eigenvalue weighted by molar-refractivity contribution is 5.84. The predicted molar refractivity (Wildman–Crippen MR) is 56.0 cm³/mol. The third-order valence-corrected chi connectivity index (χ3v) is 1.59. The topological polar surface area (TPSA) is 152 Å². The van der Waals surface area contributed by atoms with Gasteiger partial charge in [0.15, 0.2) is 0 Å². The molecule has 1 amide bonds. The first kappa shape index (κ1) is 13.2. The molecule has 0 aliphatic carbocycles. The number of nitrogens with one attached hydrogen (secondary N) is 1. The molecule has 11 nitrogen and oxygen atoms in total. The number of amides is 1. The number of nitrogens with zero attached hydrogens (tertiary/aromatic N) is 7. The third-order valence-electron chi connectivity index (χ3n) is 1.59. The smallest absolute Gasteiger partial charge is 0.390 e. The van der Waals surface area contributed by atoms with Crippen molar-refractivity contribution in [3.63, 3.8) is 0 Å². The number of nitro groups is 1. The van der Waals surface area contributed by atoms with Crippen LogP contribution in [0.5, 0.6) is 0 Å². The van der Waals surface area contributed by atoms with E-state index in [0.717, 1.165) is 4.80 Å². The Morgan fingerprint density at radius 3 is 3.00 bits per heavy atom. The molecule has 1 aromatic heterocycles. The predicted octanol–water partition coefficient (Wildman–Crippen LogP) is -1.01. The van der Waals surface area contributed by atoms with Crippen LogP contribution < -0.4 is 5.43 Å². The lowest BCUT2D eigenvalue weighted by Gasteiger charge is -1.97. The van der Waals surface area contributed by atoms with Crippen molar-refractivity contribution in [1.82, 2.24) is 25.6 Å². The third kappa shape index (κ3) is 3.93. The summed E-state index contributed by atoms with van der Waals surface area (Å²) in [5.74, 6) is -1.16. The first-order chi connectivity index (χ1) is 8.52. The average Bonchev–Trinajstić information content (AvgIpc) is 2.75. The summed E-state index contributed by atoms with van der Waals surface area (Å²) in [6.07, 6.45) is -0.302. The van der Waals surface area contributed by atoms with Crippen LogP contribution in [0.4, 0.5) is 5.95 Å². The minimum atomic E-state index is -0.773. The standard InChI is InChI=1S/C7H8N8O3/c1-5(9-10-6(16)2-3-8)4-14-12-7(11-13-14)15(17)18/h2,4H2,1H3,(H,10,16)/b9-5+. The zero-order chi connectivity index (χ0) is 13.5. The zero-order valence-corrected chi connectivity index (χ0v) is 9.27.